The van der Waals surface area contributed by atoms with Crippen molar-refractivity contribution in [2.24, 2.45) is 0 Å². The fourth-order valence-electron chi connectivity index (χ4n) is 2.59. The molecule has 1 saturated heterocycles. The van der Waals surface area contributed by atoms with Gasteiger partial charge in [0.15, 0.2) is 0 Å². The lowest BCUT2D eigenvalue weighted by Gasteiger charge is -2.15. The van der Waals surface area contributed by atoms with E-state index in [1.165, 1.54) is 0 Å². The van der Waals surface area contributed by atoms with Gasteiger partial charge in [0.05, 0.1) is 5.25 Å². The monoisotopic (exact) mass is 242 g/mol. The first kappa shape index (κ1) is 9.42. The van der Waals surface area contributed by atoms with Gasteiger partial charge < -0.3 is 10.2 Å². The van der Waals surface area contributed by atoms with Crippen molar-refractivity contribution in [2.45, 2.75) is 10.5 Å². The highest BCUT2D eigenvalue weighted by molar-refractivity contribution is 8.07. The molecule has 84 valence electrons. The van der Waals surface area contributed by atoms with Crippen LogP contribution in [0.4, 0.5) is 0 Å². The third-order valence-corrected chi connectivity index (χ3v) is 4.75. The zero-order valence-corrected chi connectivity index (χ0v) is 9.74. The minimum atomic E-state index is 0.288. The molecule has 2 atom stereocenters. The Hall–Kier alpha value is -1.61. The summed E-state index contributed by atoms with van der Waals surface area (Å²) in [6.45, 7) is 0. The highest BCUT2D eigenvalue weighted by atomic mass is 32.2. The molecule has 4 rings (SSSR count). The van der Waals surface area contributed by atoms with Crippen LogP contribution >= 0.6 is 11.8 Å². The Morgan fingerprint density at radius 2 is 1.71 bits per heavy atom. The number of aromatic hydroxyl groups is 2. The van der Waals surface area contributed by atoms with Gasteiger partial charge in [-0.05, 0) is 0 Å². The number of thioether (sulfide) groups is 1. The van der Waals surface area contributed by atoms with Crippen LogP contribution in [0.15, 0.2) is 30.3 Å². The number of phenols is 2. The molecule has 0 saturated carbocycles. The topological polar surface area (TPSA) is 40.5 Å². The van der Waals surface area contributed by atoms with Gasteiger partial charge in [0, 0.05) is 27.1 Å². The van der Waals surface area contributed by atoms with Gasteiger partial charge in [0.25, 0.3) is 0 Å². The Balaban J connectivity index is 2.19. The summed E-state index contributed by atoms with van der Waals surface area (Å²) in [6, 6.07) is 7.44. The molecule has 0 bridgehead atoms. The van der Waals surface area contributed by atoms with Crippen molar-refractivity contribution in [3.05, 3.63) is 41.5 Å². The van der Waals surface area contributed by atoms with E-state index in [4.69, 9.17) is 0 Å². The van der Waals surface area contributed by atoms with Crippen LogP contribution in [0.3, 0.4) is 0 Å². The van der Waals surface area contributed by atoms with E-state index in [-0.39, 0.29) is 5.75 Å². The Kier molecular flexibility index (Phi) is 1.66. The van der Waals surface area contributed by atoms with Crippen molar-refractivity contribution < 1.29 is 10.2 Å². The summed E-state index contributed by atoms with van der Waals surface area (Å²) < 4.78 is 0. The van der Waals surface area contributed by atoms with E-state index in [2.05, 4.69) is 6.08 Å². The number of hydrogen-bond acceptors (Lipinski definition) is 3. The number of benzene rings is 2. The second-order valence-corrected chi connectivity index (χ2v) is 5.77. The molecule has 0 amide bonds. The first-order valence-corrected chi connectivity index (χ1v) is 6.52. The van der Waals surface area contributed by atoms with Gasteiger partial charge in [-0.1, -0.05) is 36.4 Å². The van der Waals surface area contributed by atoms with Crippen LogP contribution in [-0.4, -0.2) is 15.5 Å². The van der Waals surface area contributed by atoms with Crippen LogP contribution in [0.25, 0.3) is 16.8 Å². The molecule has 0 aromatic heterocycles. The van der Waals surface area contributed by atoms with Gasteiger partial charge in [0.1, 0.15) is 11.5 Å². The van der Waals surface area contributed by atoms with Crippen LogP contribution in [0.1, 0.15) is 16.4 Å². The minimum absolute atomic E-state index is 0.288. The van der Waals surface area contributed by atoms with Crippen LogP contribution in [0.2, 0.25) is 0 Å². The lowest BCUT2D eigenvalue weighted by atomic mass is 9.91. The molecule has 3 heteroatoms. The predicted octanol–water partition coefficient (Wildman–Crippen LogP) is 3.43. The van der Waals surface area contributed by atoms with Crippen LogP contribution in [-0.2, 0) is 0 Å². The van der Waals surface area contributed by atoms with Crippen molar-refractivity contribution in [2.75, 3.05) is 0 Å². The van der Waals surface area contributed by atoms with Crippen LogP contribution < -0.4 is 0 Å². The van der Waals surface area contributed by atoms with E-state index >= 15 is 0 Å². The summed E-state index contributed by atoms with van der Waals surface area (Å²) in [5.41, 5.74) is 1.69. The normalized spacial score (nSPS) is 24.5. The Morgan fingerprint density at radius 3 is 2.47 bits per heavy atom. The fraction of sp³-hybridized carbons (Fsp3) is 0.143. The lowest BCUT2D eigenvalue weighted by Crippen LogP contribution is -1.97. The lowest BCUT2D eigenvalue weighted by molar-refractivity contribution is 0.463. The number of fused-ring (bicyclic) bond motifs is 4. The van der Waals surface area contributed by atoms with E-state index in [1.54, 1.807) is 0 Å². The molecule has 0 spiro atoms. The third-order valence-electron chi connectivity index (χ3n) is 3.50. The minimum Gasteiger partial charge on any atom is -0.507 e. The van der Waals surface area contributed by atoms with Crippen molar-refractivity contribution in [3.8, 4) is 11.5 Å². The van der Waals surface area contributed by atoms with Gasteiger partial charge in [0.2, 0.25) is 0 Å². The SMILES string of the molecule is Oc1c2c(c(O)c3ccccc13)C1SC1C=C2. The highest BCUT2D eigenvalue weighted by Crippen LogP contribution is 2.63. The molecule has 2 N–H and O–H groups in total. The van der Waals surface area contributed by atoms with E-state index in [0.29, 0.717) is 16.2 Å². The molecule has 2 aliphatic rings. The van der Waals surface area contributed by atoms with Crippen molar-refractivity contribution in [1.29, 1.82) is 0 Å². The average molecular weight is 242 g/mol. The molecular weight excluding hydrogens is 232 g/mol. The first-order chi connectivity index (χ1) is 8.27. The quantitative estimate of drug-likeness (QED) is 0.549. The largest absolute Gasteiger partial charge is 0.507 e. The smallest absolute Gasteiger partial charge is 0.131 e. The predicted molar refractivity (Wildman–Crippen MR) is 70.4 cm³/mol. The van der Waals surface area contributed by atoms with Gasteiger partial charge >= 0.3 is 0 Å². The van der Waals surface area contributed by atoms with E-state index < -0.39 is 0 Å². The highest BCUT2D eigenvalue weighted by Gasteiger charge is 2.44. The molecule has 1 heterocycles. The Bertz CT molecular complexity index is 675. The van der Waals surface area contributed by atoms with Gasteiger partial charge in [-0.2, -0.15) is 0 Å². The Morgan fingerprint density at radius 1 is 1.00 bits per heavy atom. The second-order valence-electron chi connectivity index (χ2n) is 4.45. The van der Waals surface area contributed by atoms with E-state index in [9.17, 15) is 10.2 Å². The summed E-state index contributed by atoms with van der Waals surface area (Å²) in [5.74, 6) is 0.619. The third kappa shape index (κ3) is 1.12. The number of hydrogen-bond donors (Lipinski definition) is 2. The molecule has 2 aromatic carbocycles. The maximum Gasteiger partial charge on any atom is 0.131 e. The maximum absolute atomic E-state index is 10.4. The van der Waals surface area contributed by atoms with Crippen LogP contribution in [0.5, 0.6) is 11.5 Å². The second kappa shape index (κ2) is 2.99. The van der Waals surface area contributed by atoms with Gasteiger partial charge in [-0.3, -0.25) is 0 Å². The standard InChI is InChI=1S/C14H10O2S/c15-12-7-3-1-2-4-8(7)13(16)11-9(12)5-6-10-14(11)17-10/h1-6,10,14-16H. The Labute approximate surface area is 103 Å². The molecule has 1 fully saturated rings. The summed E-state index contributed by atoms with van der Waals surface area (Å²) >= 11 is 1.82. The molecule has 1 aliphatic heterocycles. The molecule has 17 heavy (non-hydrogen) atoms. The zero-order chi connectivity index (χ0) is 11.6. The molecule has 2 aromatic rings. The number of rotatable bonds is 0. The summed E-state index contributed by atoms with van der Waals surface area (Å²) in [6.07, 6.45) is 4.03. The van der Waals surface area contributed by atoms with Crippen molar-refractivity contribution in [1.82, 2.24) is 0 Å². The maximum atomic E-state index is 10.4. The zero-order valence-electron chi connectivity index (χ0n) is 8.92. The van der Waals surface area contributed by atoms with Crippen molar-refractivity contribution in [3.63, 3.8) is 0 Å². The molecule has 1 aliphatic carbocycles. The molecular formula is C14H10O2S. The molecule has 2 nitrogen and oxygen atoms in total. The average Bonchev–Trinajstić information content (AvgIpc) is 3.14. The molecule has 0 radical (unpaired) electrons. The van der Waals surface area contributed by atoms with E-state index in [0.717, 1.165) is 21.9 Å². The van der Waals surface area contributed by atoms with E-state index in [1.807, 2.05) is 42.1 Å². The number of phenolic OH excluding ortho intramolecular Hbond substituents is 2. The summed E-state index contributed by atoms with van der Waals surface area (Å²) in [5, 5.41) is 22.9. The van der Waals surface area contributed by atoms with Crippen LogP contribution in [0, 0.1) is 0 Å². The first-order valence-electron chi connectivity index (χ1n) is 5.57. The summed E-state index contributed by atoms with van der Waals surface area (Å²) in [7, 11) is 0. The fourth-order valence-corrected chi connectivity index (χ4v) is 3.61. The van der Waals surface area contributed by atoms with Gasteiger partial charge in [-0.25, -0.2) is 0 Å². The summed E-state index contributed by atoms with van der Waals surface area (Å²) in [4.78, 5) is 0. The van der Waals surface area contributed by atoms with Gasteiger partial charge in [-0.15, -0.1) is 11.8 Å². The molecule has 2 unspecified atom stereocenters. The van der Waals surface area contributed by atoms with Crippen molar-refractivity contribution >= 4 is 28.6 Å².